The number of aromatic nitrogens is 2. The van der Waals surface area contributed by atoms with Crippen molar-refractivity contribution in [1.82, 2.24) is 20.6 Å². The summed E-state index contributed by atoms with van der Waals surface area (Å²) in [5.41, 5.74) is 7.47. The average Bonchev–Trinajstić information content (AvgIpc) is 3.17. The Morgan fingerprint density at radius 2 is 1.90 bits per heavy atom. The highest BCUT2D eigenvalue weighted by Gasteiger charge is 2.14. The van der Waals surface area contributed by atoms with Crippen molar-refractivity contribution in [3.8, 4) is 0 Å². The molecule has 0 saturated carbocycles. The number of furan rings is 1. The van der Waals surface area contributed by atoms with E-state index in [4.69, 9.17) is 16.0 Å². The topological polar surface area (TPSA) is 89.2 Å². The van der Waals surface area contributed by atoms with Gasteiger partial charge in [-0.1, -0.05) is 41.9 Å². The van der Waals surface area contributed by atoms with E-state index in [1.54, 1.807) is 30.7 Å². The molecule has 3 aromatic rings. The van der Waals surface area contributed by atoms with E-state index in [1.807, 2.05) is 37.3 Å². The first-order valence-electron chi connectivity index (χ1n) is 8.97. The zero-order valence-corrected chi connectivity index (χ0v) is 17.1. The van der Waals surface area contributed by atoms with Crippen LogP contribution in [0.2, 0.25) is 5.15 Å². The third-order valence-corrected chi connectivity index (χ3v) is 4.67. The van der Waals surface area contributed by atoms with Gasteiger partial charge >= 0.3 is 0 Å². The van der Waals surface area contributed by atoms with Crippen LogP contribution in [0.3, 0.4) is 0 Å². The van der Waals surface area contributed by atoms with E-state index in [2.05, 4.69) is 16.0 Å². The Kier molecular flexibility index (Phi) is 6.19. The Balaban J connectivity index is 1.62. The number of amides is 2. The number of carbonyl (C=O) groups excluding carboxylic acids is 2. The molecule has 8 heteroatoms. The largest absolute Gasteiger partial charge is 0.466 e. The normalized spacial score (nSPS) is 11.0. The van der Waals surface area contributed by atoms with Crippen molar-refractivity contribution < 1.29 is 14.0 Å². The fourth-order valence-electron chi connectivity index (χ4n) is 2.86. The second-order valence-electron chi connectivity index (χ2n) is 6.54. The summed E-state index contributed by atoms with van der Waals surface area (Å²) in [7, 11) is 0. The zero-order chi connectivity index (χ0) is 21.0. The predicted octanol–water partition coefficient (Wildman–Crippen LogP) is 3.58. The molecule has 0 fully saturated rings. The van der Waals surface area contributed by atoms with Crippen LogP contribution in [-0.4, -0.2) is 21.6 Å². The van der Waals surface area contributed by atoms with Crippen molar-refractivity contribution >= 4 is 29.5 Å². The van der Waals surface area contributed by atoms with Crippen molar-refractivity contribution in [3.05, 3.63) is 81.5 Å². The van der Waals surface area contributed by atoms with E-state index in [9.17, 15) is 9.59 Å². The number of hydrogen-bond donors (Lipinski definition) is 2. The average molecular weight is 413 g/mol. The van der Waals surface area contributed by atoms with Crippen LogP contribution in [0.1, 0.15) is 38.7 Å². The quantitative estimate of drug-likeness (QED) is 0.495. The molecule has 2 aromatic heterocycles. The maximum Gasteiger partial charge on any atom is 0.273 e. The van der Waals surface area contributed by atoms with Crippen LogP contribution in [0.5, 0.6) is 0 Å². The number of hydrazine groups is 1. The van der Waals surface area contributed by atoms with Gasteiger partial charge in [0.15, 0.2) is 0 Å². The van der Waals surface area contributed by atoms with E-state index in [0.717, 1.165) is 5.56 Å². The van der Waals surface area contributed by atoms with Gasteiger partial charge in [-0.2, -0.15) is 5.10 Å². The van der Waals surface area contributed by atoms with E-state index in [-0.39, 0.29) is 0 Å². The molecule has 3 rings (SSSR count). The third kappa shape index (κ3) is 4.94. The third-order valence-electron chi connectivity index (χ3n) is 4.27. The first-order chi connectivity index (χ1) is 13.8. The lowest BCUT2D eigenvalue weighted by molar-refractivity contribution is -0.117. The predicted molar refractivity (Wildman–Crippen MR) is 110 cm³/mol. The van der Waals surface area contributed by atoms with E-state index in [0.29, 0.717) is 40.0 Å². The van der Waals surface area contributed by atoms with Crippen molar-refractivity contribution in [2.45, 2.75) is 27.3 Å². The molecule has 0 saturated heterocycles. The summed E-state index contributed by atoms with van der Waals surface area (Å²) in [5.74, 6) is 0.156. The first-order valence-corrected chi connectivity index (χ1v) is 9.35. The summed E-state index contributed by atoms with van der Waals surface area (Å²) in [4.78, 5) is 24.2. The van der Waals surface area contributed by atoms with Crippen LogP contribution in [-0.2, 0) is 11.3 Å². The molecule has 0 bridgehead atoms. The molecular weight excluding hydrogens is 392 g/mol. The molecule has 0 aliphatic rings. The number of rotatable bonds is 5. The SMILES string of the molecule is Cc1cc(C(=O)NNC(=O)/C=C/c2c(C)nn(Cc3ccccc3)c2Cl)c(C)o1. The highest BCUT2D eigenvalue weighted by Crippen LogP contribution is 2.22. The number of hydrogen-bond acceptors (Lipinski definition) is 4. The molecule has 0 atom stereocenters. The summed E-state index contributed by atoms with van der Waals surface area (Å²) in [5, 5.41) is 4.87. The Morgan fingerprint density at radius 1 is 1.17 bits per heavy atom. The van der Waals surface area contributed by atoms with Gasteiger partial charge in [0.05, 0.1) is 17.8 Å². The fourth-order valence-corrected chi connectivity index (χ4v) is 3.16. The highest BCUT2D eigenvalue weighted by atomic mass is 35.5. The van der Waals surface area contributed by atoms with Gasteiger partial charge in [0.1, 0.15) is 16.7 Å². The molecule has 2 amide bonds. The number of benzene rings is 1. The lowest BCUT2D eigenvalue weighted by Crippen LogP contribution is -2.40. The Morgan fingerprint density at radius 3 is 2.55 bits per heavy atom. The van der Waals surface area contributed by atoms with Gasteiger partial charge in [-0.25, -0.2) is 4.68 Å². The molecule has 0 aliphatic heterocycles. The van der Waals surface area contributed by atoms with Crippen LogP contribution in [0.4, 0.5) is 0 Å². The molecule has 7 nitrogen and oxygen atoms in total. The van der Waals surface area contributed by atoms with Gasteiger partial charge in [-0.3, -0.25) is 20.4 Å². The van der Waals surface area contributed by atoms with Crippen molar-refractivity contribution in [2.24, 2.45) is 0 Å². The molecule has 29 heavy (non-hydrogen) atoms. The molecule has 0 radical (unpaired) electrons. The molecule has 0 aliphatic carbocycles. The second kappa shape index (κ2) is 8.79. The number of carbonyl (C=O) groups is 2. The molecule has 1 aromatic carbocycles. The van der Waals surface area contributed by atoms with Crippen LogP contribution >= 0.6 is 11.6 Å². The maximum atomic E-state index is 12.1. The molecule has 2 heterocycles. The molecule has 0 spiro atoms. The second-order valence-corrected chi connectivity index (χ2v) is 6.89. The maximum absolute atomic E-state index is 12.1. The first kappa shape index (κ1) is 20.4. The van der Waals surface area contributed by atoms with Crippen LogP contribution in [0.15, 0.2) is 46.9 Å². The molecule has 2 N–H and O–H groups in total. The summed E-state index contributed by atoms with van der Waals surface area (Å²) < 4.78 is 6.98. The van der Waals surface area contributed by atoms with E-state index < -0.39 is 11.8 Å². The number of halogens is 1. The van der Waals surface area contributed by atoms with Crippen LogP contribution < -0.4 is 10.9 Å². The van der Waals surface area contributed by atoms with Crippen molar-refractivity contribution in [1.29, 1.82) is 0 Å². The molecule has 150 valence electrons. The van der Waals surface area contributed by atoms with Gasteiger partial charge in [0, 0.05) is 11.6 Å². The summed E-state index contributed by atoms with van der Waals surface area (Å²) in [6.45, 7) is 5.77. The summed E-state index contributed by atoms with van der Waals surface area (Å²) in [6.07, 6.45) is 2.86. The monoisotopic (exact) mass is 412 g/mol. The smallest absolute Gasteiger partial charge is 0.273 e. The van der Waals surface area contributed by atoms with Crippen LogP contribution in [0, 0.1) is 20.8 Å². The van der Waals surface area contributed by atoms with Crippen molar-refractivity contribution in [2.75, 3.05) is 0 Å². The summed E-state index contributed by atoms with van der Waals surface area (Å²) in [6, 6.07) is 11.4. The standard InChI is InChI=1S/C21H21ClN4O3/c1-13-11-18(15(3)29-13)21(28)24-23-19(27)10-9-17-14(2)25-26(20(17)22)12-16-7-5-4-6-8-16/h4-11H,12H2,1-3H3,(H,23,27)(H,24,28)/b10-9+. The Hall–Kier alpha value is -3.32. The molecular formula is C21H21ClN4O3. The summed E-state index contributed by atoms with van der Waals surface area (Å²) >= 11 is 6.43. The molecule has 0 unspecified atom stereocenters. The number of aryl methyl sites for hydroxylation is 3. The van der Waals surface area contributed by atoms with Gasteiger partial charge in [0.25, 0.3) is 11.8 Å². The Bertz CT molecular complexity index is 1070. The van der Waals surface area contributed by atoms with E-state index in [1.165, 1.54) is 6.08 Å². The van der Waals surface area contributed by atoms with Crippen LogP contribution in [0.25, 0.3) is 6.08 Å². The van der Waals surface area contributed by atoms with Gasteiger partial charge < -0.3 is 4.42 Å². The minimum Gasteiger partial charge on any atom is -0.466 e. The van der Waals surface area contributed by atoms with Gasteiger partial charge in [-0.15, -0.1) is 0 Å². The lowest BCUT2D eigenvalue weighted by atomic mass is 10.2. The van der Waals surface area contributed by atoms with Crippen molar-refractivity contribution in [3.63, 3.8) is 0 Å². The highest BCUT2D eigenvalue weighted by molar-refractivity contribution is 6.31. The van der Waals surface area contributed by atoms with Gasteiger partial charge in [0.2, 0.25) is 0 Å². The minimum absolute atomic E-state index is 0.368. The lowest BCUT2D eigenvalue weighted by Gasteiger charge is -2.04. The Labute approximate surface area is 173 Å². The zero-order valence-electron chi connectivity index (χ0n) is 16.3. The van der Waals surface area contributed by atoms with Gasteiger partial charge in [-0.05, 0) is 38.5 Å². The minimum atomic E-state index is -0.498. The number of nitrogens with zero attached hydrogens (tertiary/aromatic N) is 2. The van der Waals surface area contributed by atoms with E-state index >= 15 is 0 Å². The fraction of sp³-hybridized carbons (Fsp3) is 0.190. The number of nitrogens with one attached hydrogen (secondary N) is 2.